The van der Waals surface area contributed by atoms with Gasteiger partial charge >= 0.3 is 0 Å². The first-order chi connectivity index (χ1) is 13.1. The van der Waals surface area contributed by atoms with Crippen LogP contribution in [0.4, 0.5) is 11.4 Å². The zero-order chi connectivity index (χ0) is 19.0. The number of aromatic nitrogens is 3. The van der Waals surface area contributed by atoms with Gasteiger partial charge < -0.3 is 9.47 Å². The fourth-order valence-corrected chi connectivity index (χ4v) is 4.21. The molecule has 1 aromatic carbocycles. The Bertz CT molecular complexity index is 891. The van der Waals surface area contributed by atoms with Crippen LogP contribution >= 0.6 is 0 Å². The Morgan fingerprint density at radius 2 is 2.04 bits per heavy atom. The Morgan fingerprint density at radius 3 is 2.81 bits per heavy atom. The van der Waals surface area contributed by atoms with Gasteiger partial charge in [-0.25, -0.2) is 0 Å². The van der Waals surface area contributed by atoms with E-state index in [1.165, 1.54) is 19.4 Å². The van der Waals surface area contributed by atoms with Crippen LogP contribution in [0, 0.1) is 10.1 Å². The molecule has 0 amide bonds. The van der Waals surface area contributed by atoms with E-state index in [1.807, 2.05) is 0 Å². The van der Waals surface area contributed by atoms with Gasteiger partial charge in [0, 0.05) is 31.1 Å². The SMILES string of the molecule is CC(=O)c1ccc(N2CCCC2c2nnc3n2CCCCC3)c([N+](=O)[O-])c1. The first kappa shape index (κ1) is 17.6. The smallest absolute Gasteiger partial charge is 0.293 e. The third-order valence-corrected chi connectivity index (χ3v) is 5.58. The summed E-state index contributed by atoms with van der Waals surface area (Å²) in [5.41, 5.74) is 0.890. The van der Waals surface area contributed by atoms with Crippen LogP contribution in [0.15, 0.2) is 18.2 Å². The number of rotatable bonds is 4. The van der Waals surface area contributed by atoms with Crippen molar-refractivity contribution in [2.75, 3.05) is 11.4 Å². The van der Waals surface area contributed by atoms with Crippen LogP contribution in [0.25, 0.3) is 0 Å². The van der Waals surface area contributed by atoms with E-state index in [2.05, 4.69) is 19.7 Å². The molecule has 0 bridgehead atoms. The van der Waals surface area contributed by atoms with Crippen molar-refractivity contribution in [3.8, 4) is 0 Å². The summed E-state index contributed by atoms with van der Waals surface area (Å²) in [5.74, 6) is 1.76. The van der Waals surface area contributed by atoms with Crippen LogP contribution in [0.3, 0.4) is 0 Å². The number of benzene rings is 1. The van der Waals surface area contributed by atoms with Gasteiger partial charge in [-0.05, 0) is 44.7 Å². The third kappa shape index (κ3) is 3.20. The lowest BCUT2D eigenvalue weighted by Gasteiger charge is -2.26. The summed E-state index contributed by atoms with van der Waals surface area (Å²) in [6, 6.07) is 4.74. The third-order valence-electron chi connectivity index (χ3n) is 5.58. The van der Waals surface area contributed by atoms with E-state index in [4.69, 9.17) is 0 Å². The van der Waals surface area contributed by atoms with Gasteiger partial charge in [0.15, 0.2) is 11.6 Å². The number of carbonyl (C=O) groups is 1. The molecule has 1 aromatic heterocycles. The van der Waals surface area contributed by atoms with Crippen molar-refractivity contribution < 1.29 is 9.72 Å². The summed E-state index contributed by atoms with van der Waals surface area (Å²) in [5, 5.41) is 20.5. The van der Waals surface area contributed by atoms with Gasteiger partial charge in [-0.2, -0.15) is 0 Å². The number of nitro benzene ring substituents is 1. The molecule has 4 rings (SSSR count). The number of ketones is 1. The van der Waals surface area contributed by atoms with Crippen molar-refractivity contribution >= 4 is 17.2 Å². The molecular formula is C19H23N5O3. The molecule has 8 nitrogen and oxygen atoms in total. The number of hydrogen-bond acceptors (Lipinski definition) is 6. The Hall–Kier alpha value is -2.77. The van der Waals surface area contributed by atoms with Crippen LogP contribution in [0.2, 0.25) is 0 Å². The average Bonchev–Trinajstić information content (AvgIpc) is 3.21. The van der Waals surface area contributed by atoms with Crippen LogP contribution in [0.5, 0.6) is 0 Å². The molecule has 0 aliphatic carbocycles. The summed E-state index contributed by atoms with van der Waals surface area (Å²) >= 11 is 0. The molecule has 8 heteroatoms. The van der Waals surface area contributed by atoms with Crippen LogP contribution in [-0.4, -0.2) is 32.0 Å². The minimum atomic E-state index is -0.401. The molecule has 1 fully saturated rings. The maximum absolute atomic E-state index is 11.7. The van der Waals surface area contributed by atoms with Crippen molar-refractivity contribution in [2.24, 2.45) is 0 Å². The molecule has 0 radical (unpaired) electrons. The largest absolute Gasteiger partial charge is 0.356 e. The lowest BCUT2D eigenvalue weighted by Crippen LogP contribution is -2.26. The van der Waals surface area contributed by atoms with Crippen molar-refractivity contribution in [1.29, 1.82) is 0 Å². The molecular weight excluding hydrogens is 346 g/mol. The van der Waals surface area contributed by atoms with Gasteiger partial charge in [0.2, 0.25) is 0 Å². The Kier molecular flexibility index (Phi) is 4.63. The summed E-state index contributed by atoms with van der Waals surface area (Å²) in [6.07, 6.45) is 6.20. The lowest BCUT2D eigenvalue weighted by atomic mass is 10.1. The van der Waals surface area contributed by atoms with Crippen LogP contribution in [0.1, 0.15) is 67.1 Å². The highest BCUT2D eigenvalue weighted by atomic mass is 16.6. The number of anilines is 1. The minimum absolute atomic E-state index is 0.0220. The van der Waals surface area contributed by atoms with Gasteiger partial charge in [0.1, 0.15) is 11.5 Å². The summed E-state index contributed by atoms with van der Waals surface area (Å²) in [4.78, 5) is 25.0. The number of fused-ring (bicyclic) bond motifs is 1. The van der Waals surface area contributed by atoms with Gasteiger partial charge in [-0.15, -0.1) is 10.2 Å². The molecule has 27 heavy (non-hydrogen) atoms. The van der Waals surface area contributed by atoms with Crippen molar-refractivity contribution in [2.45, 2.75) is 58.0 Å². The summed E-state index contributed by atoms with van der Waals surface area (Å²) < 4.78 is 2.21. The minimum Gasteiger partial charge on any atom is -0.356 e. The summed E-state index contributed by atoms with van der Waals surface area (Å²) in [7, 11) is 0. The van der Waals surface area contributed by atoms with E-state index in [0.717, 1.165) is 56.8 Å². The van der Waals surface area contributed by atoms with Crippen molar-refractivity contribution in [1.82, 2.24) is 14.8 Å². The molecule has 0 spiro atoms. The zero-order valence-electron chi connectivity index (χ0n) is 15.4. The molecule has 1 unspecified atom stereocenters. The van der Waals surface area contributed by atoms with E-state index in [9.17, 15) is 14.9 Å². The number of nitrogens with zero attached hydrogens (tertiary/aromatic N) is 5. The molecule has 0 N–H and O–H groups in total. The fraction of sp³-hybridized carbons (Fsp3) is 0.526. The Balaban J connectivity index is 1.73. The molecule has 2 aromatic rings. The first-order valence-electron chi connectivity index (χ1n) is 9.54. The number of nitro groups is 1. The normalized spacial score (nSPS) is 19.6. The highest BCUT2D eigenvalue weighted by molar-refractivity contribution is 5.95. The first-order valence-corrected chi connectivity index (χ1v) is 9.54. The molecule has 1 atom stereocenters. The topological polar surface area (TPSA) is 94.2 Å². The van der Waals surface area contributed by atoms with Crippen molar-refractivity contribution in [3.63, 3.8) is 0 Å². The predicted octanol–water partition coefficient (Wildman–Crippen LogP) is 3.46. The molecule has 142 valence electrons. The number of hydrogen-bond donors (Lipinski definition) is 0. The standard InChI is InChI=1S/C19H23N5O3/c1-13(25)14-8-9-15(17(12-14)24(26)27)22-11-5-6-16(22)19-21-20-18-7-3-2-4-10-23(18)19/h8-9,12,16H,2-7,10-11H2,1H3. The Morgan fingerprint density at radius 1 is 1.19 bits per heavy atom. The maximum atomic E-state index is 11.7. The fourth-order valence-electron chi connectivity index (χ4n) is 4.21. The highest BCUT2D eigenvalue weighted by Gasteiger charge is 2.35. The van der Waals surface area contributed by atoms with Crippen molar-refractivity contribution in [3.05, 3.63) is 45.5 Å². The van der Waals surface area contributed by atoms with E-state index in [1.54, 1.807) is 12.1 Å². The van der Waals surface area contributed by atoms with Crippen LogP contribution < -0.4 is 4.90 Å². The lowest BCUT2D eigenvalue weighted by molar-refractivity contribution is -0.384. The predicted molar refractivity (Wildman–Crippen MR) is 100.0 cm³/mol. The molecule has 2 aliphatic rings. The van der Waals surface area contributed by atoms with Gasteiger partial charge in [-0.3, -0.25) is 14.9 Å². The zero-order valence-corrected chi connectivity index (χ0v) is 15.4. The summed E-state index contributed by atoms with van der Waals surface area (Å²) in [6.45, 7) is 3.06. The second-order valence-corrected chi connectivity index (χ2v) is 7.30. The van der Waals surface area contributed by atoms with Gasteiger partial charge in [-0.1, -0.05) is 6.42 Å². The number of Topliss-reactive ketones (excluding diaryl/α,β-unsaturated/α-hetero) is 1. The molecule has 2 aliphatic heterocycles. The Labute approximate surface area is 157 Å². The van der Waals surface area contributed by atoms with Gasteiger partial charge in [0.25, 0.3) is 5.69 Å². The molecule has 1 saturated heterocycles. The molecule has 0 saturated carbocycles. The van der Waals surface area contributed by atoms with E-state index in [0.29, 0.717) is 11.3 Å². The number of carbonyl (C=O) groups excluding carboxylic acids is 1. The second kappa shape index (κ2) is 7.09. The average molecular weight is 369 g/mol. The monoisotopic (exact) mass is 369 g/mol. The van der Waals surface area contributed by atoms with E-state index in [-0.39, 0.29) is 17.5 Å². The van der Waals surface area contributed by atoms with Crippen LogP contribution in [-0.2, 0) is 13.0 Å². The van der Waals surface area contributed by atoms with E-state index >= 15 is 0 Å². The quantitative estimate of drug-likeness (QED) is 0.465. The van der Waals surface area contributed by atoms with E-state index < -0.39 is 4.92 Å². The number of aryl methyl sites for hydroxylation is 1. The maximum Gasteiger partial charge on any atom is 0.293 e. The highest BCUT2D eigenvalue weighted by Crippen LogP contribution is 2.40. The second-order valence-electron chi connectivity index (χ2n) is 7.30. The molecule has 3 heterocycles. The van der Waals surface area contributed by atoms with Gasteiger partial charge in [0.05, 0.1) is 11.0 Å².